The predicted molar refractivity (Wildman–Crippen MR) is 107 cm³/mol. The first-order chi connectivity index (χ1) is 14.7. The van der Waals surface area contributed by atoms with Crippen molar-refractivity contribution < 1.29 is 26.4 Å². The van der Waals surface area contributed by atoms with Crippen molar-refractivity contribution >= 4 is 15.9 Å². The molecule has 1 N–H and O–H groups in total. The molecule has 0 saturated carbocycles. The van der Waals surface area contributed by atoms with Crippen LogP contribution in [0.2, 0.25) is 0 Å². The summed E-state index contributed by atoms with van der Waals surface area (Å²) in [7, 11) is -3.64. The van der Waals surface area contributed by atoms with E-state index in [4.69, 9.17) is 0 Å². The van der Waals surface area contributed by atoms with Crippen LogP contribution < -0.4 is 5.32 Å². The van der Waals surface area contributed by atoms with Gasteiger partial charge in [0.2, 0.25) is 15.9 Å². The Bertz CT molecular complexity index is 1090. The van der Waals surface area contributed by atoms with E-state index >= 15 is 0 Å². The van der Waals surface area contributed by atoms with Gasteiger partial charge in [-0.1, -0.05) is 17.9 Å². The fourth-order valence-corrected chi connectivity index (χ4v) is 4.64. The molecule has 6 nitrogen and oxygen atoms in total. The quantitative estimate of drug-likeness (QED) is 0.725. The van der Waals surface area contributed by atoms with E-state index in [2.05, 4.69) is 22.1 Å². The molecular formula is C21H20F3N3O3S. The molecule has 0 spiro atoms. The minimum absolute atomic E-state index is 0.0106. The van der Waals surface area contributed by atoms with Crippen LogP contribution in [0, 0.1) is 17.8 Å². The van der Waals surface area contributed by atoms with Crippen LogP contribution in [0.1, 0.15) is 24.0 Å². The monoisotopic (exact) mass is 451 g/mol. The van der Waals surface area contributed by atoms with Crippen molar-refractivity contribution in [2.24, 2.45) is 5.92 Å². The largest absolute Gasteiger partial charge is 0.416 e. The zero-order chi connectivity index (χ0) is 22.5. The summed E-state index contributed by atoms with van der Waals surface area (Å²) in [5, 5.41) is 2.64. The van der Waals surface area contributed by atoms with Gasteiger partial charge < -0.3 is 5.32 Å². The van der Waals surface area contributed by atoms with Gasteiger partial charge in [0.1, 0.15) is 4.90 Å². The number of pyridine rings is 1. The van der Waals surface area contributed by atoms with Gasteiger partial charge in [-0.3, -0.25) is 9.78 Å². The summed E-state index contributed by atoms with van der Waals surface area (Å²) in [5.41, 5.74) is -0.575. The van der Waals surface area contributed by atoms with E-state index < -0.39 is 21.8 Å². The Morgan fingerprint density at radius 2 is 1.94 bits per heavy atom. The Morgan fingerprint density at radius 1 is 1.19 bits per heavy atom. The number of alkyl halides is 3. The van der Waals surface area contributed by atoms with Gasteiger partial charge >= 0.3 is 6.18 Å². The number of halogens is 3. The number of aromatic nitrogens is 1. The van der Waals surface area contributed by atoms with Crippen molar-refractivity contribution in [1.29, 1.82) is 0 Å². The van der Waals surface area contributed by atoms with Crippen molar-refractivity contribution in [3.8, 4) is 11.8 Å². The molecule has 164 valence electrons. The van der Waals surface area contributed by atoms with Gasteiger partial charge in [-0.25, -0.2) is 8.42 Å². The van der Waals surface area contributed by atoms with Crippen molar-refractivity contribution in [3.63, 3.8) is 0 Å². The molecule has 0 aliphatic carbocycles. The van der Waals surface area contributed by atoms with Gasteiger partial charge in [0.25, 0.3) is 0 Å². The highest BCUT2D eigenvalue weighted by atomic mass is 32.2. The second-order valence-corrected chi connectivity index (χ2v) is 8.90. The molecule has 2 heterocycles. The average Bonchev–Trinajstić information content (AvgIpc) is 2.77. The second-order valence-electron chi connectivity index (χ2n) is 6.97. The van der Waals surface area contributed by atoms with E-state index in [0.717, 1.165) is 12.1 Å². The molecule has 0 atom stereocenters. The molecule has 1 aromatic carbocycles. The molecule has 1 saturated heterocycles. The summed E-state index contributed by atoms with van der Waals surface area (Å²) in [6.45, 7) is 0.416. The third-order valence-corrected chi connectivity index (χ3v) is 6.75. The number of sulfonamides is 1. The first-order valence-corrected chi connectivity index (χ1v) is 11.0. The molecule has 10 heteroatoms. The van der Waals surface area contributed by atoms with Crippen LogP contribution in [-0.2, 0) is 21.0 Å². The average molecular weight is 451 g/mol. The van der Waals surface area contributed by atoms with Gasteiger partial charge in [-0.05, 0) is 43.2 Å². The summed E-state index contributed by atoms with van der Waals surface area (Å²) >= 11 is 0. The van der Waals surface area contributed by atoms with Gasteiger partial charge in [-0.15, -0.1) is 0 Å². The standard InChI is InChI=1S/C21H20F3N3O3S/c22-21(23,24)18-6-1-4-16(14-18)5-2-11-26-20(28)17-8-12-27(13-9-17)31(29,30)19-7-3-10-25-15-19/h1,3-4,6-7,10,14-15,17H,8-9,11-13H2,(H,26,28). The molecule has 1 fully saturated rings. The summed E-state index contributed by atoms with van der Waals surface area (Å²) < 4.78 is 64.7. The fourth-order valence-electron chi connectivity index (χ4n) is 3.20. The molecule has 2 aromatic rings. The summed E-state index contributed by atoms with van der Waals surface area (Å²) in [5.74, 6) is 4.64. The smallest absolute Gasteiger partial charge is 0.345 e. The number of nitrogens with zero attached hydrogens (tertiary/aromatic N) is 2. The SMILES string of the molecule is O=C(NCC#Cc1cccc(C(F)(F)F)c1)C1CCN(S(=O)(=O)c2cccnc2)CC1. The number of rotatable bonds is 4. The number of carbonyl (C=O) groups excluding carboxylic acids is 1. The fraction of sp³-hybridized carbons (Fsp3) is 0.333. The maximum absolute atomic E-state index is 12.7. The molecule has 0 radical (unpaired) electrons. The van der Waals surface area contributed by atoms with Gasteiger partial charge in [-0.2, -0.15) is 17.5 Å². The third kappa shape index (κ3) is 5.83. The Balaban J connectivity index is 1.50. The van der Waals surface area contributed by atoms with Crippen molar-refractivity contribution in [1.82, 2.24) is 14.6 Å². The number of amides is 1. The van der Waals surface area contributed by atoms with Gasteiger partial charge in [0.05, 0.1) is 12.1 Å². The number of hydrogen-bond acceptors (Lipinski definition) is 4. The lowest BCUT2D eigenvalue weighted by Gasteiger charge is -2.30. The van der Waals surface area contributed by atoms with Crippen LogP contribution in [0.3, 0.4) is 0 Å². The molecule has 0 bridgehead atoms. The number of piperidine rings is 1. The maximum Gasteiger partial charge on any atom is 0.416 e. The van der Waals surface area contributed by atoms with Crippen molar-refractivity contribution in [2.75, 3.05) is 19.6 Å². The first kappa shape index (κ1) is 22.8. The molecule has 0 unspecified atom stereocenters. The van der Waals surface area contributed by atoms with E-state index in [0.29, 0.717) is 12.8 Å². The number of nitrogens with one attached hydrogen (secondary N) is 1. The van der Waals surface area contributed by atoms with Crippen LogP contribution in [-0.4, -0.2) is 43.2 Å². The van der Waals surface area contributed by atoms with Crippen LogP contribution in [0.15, 0.2) is 53.7 Å². The first-order valence-electron chi connectivity index (χ1n) is 9.52. The van der Waals surface area contributed by atoms with Crippen LogP contribution in [0.5, 0.6) is 0 Å². The number of benzene rings is 1. The second kappa shape index (κ2) is 9.49. The van der Waals surface area contributed by atoms with E-state index in [1.165, 1.54) is 34.9 Å². The zero-order valence-electron chi connectivity index (χ0n) is 16.4. The maximum atomic E-state index is 12.7. The number of carbonyl (C=O) groups is 1. The highest BCUT2D eigenvalue weighted by Gasteiger charge is 2.32. The van der Waals surface area contributed by atoms with Crippen LogP contribution in [0.4, 0.5) is 13.2 Å². The lowest BCUT2D eigenvalue weighted by Crippen LogP contribution is -2.43. The molecule has 1 aromatic heterocycles. The highest BCUT2D eigenvalue weighted by molar-refractivity contribution is 7.89. The minimum atomic E-state index is -4.44. The lowest BCUT2D eigenvalue weighted by molar-refractivity contribution is -0.137. The summed E-state index contributed by atoms with van der Waals surface area (Å²) in [4.78, 5) is 16.3. The topological polar surface area (TPSA) is 79.4 Å². The van der Waals surface area contributed by atoms with Crippen LogP contribution >= 0.6 is 0 Å². The molecule has 1 aliphatic heterocycles. The van der Waals surface area contributed by atoms with Gasteiger partial charge in [0, 0.05) is 37.0 Å². The molecule has 31 heavy (non-hydrogen) atoms. The van der Waals surface area contributed by atoms with Gasteiger partial charge in [0.15, 0.2) is 0 Å². The predicted octanol–water partition coefficient (Wildman–Crippen LogP) is 2.67. The van der Waals surface area contributed by atoms with E-state index in [9.17, 15) is 26.4 Å². The highest BCUT2D eigenvalue weighted by Crippen LogP contribution is 2.29. The molecule has 1 amide bonds. The normalized spacial score (nSPS) is 15.7. The Kier molecular flexibility index (Phi) is 6.97. The summed E-state index contributed by atoms with van der Waals surface area (Å²) in [6, 6.07) is 7.68. The Hall–Kier alpha value is -2.90. The van der Waals surface area contributed by atoms with Crippen LogP contribution in [0.25, 0.3) is 0 Å². The molecule has 3 rings (SSSR count). The summed E-state index contributed by atoms with van der Waals surface area (Å²) in [6.07, 6.45) is -0.924. The van der Waals surface area contributed by atoms with E-state index in [1.54, 1.807) is 6.07 Å². The zero-order valence-corrected chi connectivity index (χ0v) is 17.2. The van der Waals surface area contributed by atoms with Crippen molar-refractivity contribution in [3.05, 3.63) is 59.9 Å². The van der Waals surface area contributed by atoms with E-state index in [1.807, 2.05) is 0 Å². The molecule has 1 aliphatic rings. The Morgan fingerprint density at radius 3 is 2.58 bits per heavy atom. The third-order valence-electron chi connectivity index (χ3n) is 4.87. The lowest BCUT2D eigenvalue weighted by atomic mass is 9.97. The molecular weight excluding hydrogens is 431 g/mol. The Labute approximate surface area is 178 Å². The van der Waals surface area contributed by atoms with Crippen molar-refractivity contribution in [2.45, 2.75) is 23.9 Å². The van der Waals surface area contributed by atoms with E-state index in [-0.39, 0.29) is 41.9 Å². The minimum Gasteiger partial charge on any atom is -0.345 e. The number of hydrogen-bond donors (Lipinski definition) is 1.